The highest BCUT2D eigenvalue weighted by atomic mass is 35.5. The second-order valence-electron chi connectivity index (χ2n) is 8.46. The lowest BCUT2D eigenvalue weighted by atomic mass is 9.97. The zero-order valence-electron chi connectivity index (χ0n) is 19.6. The largest absolute Gasteiger partial charge is 0.507 e. The highest BCUT2D eigenvalue weighted by Gasteiger charge is 2.17. The molecule has 35 heavy (non-hydrogen) atoms. The summed E-state index contributed by atoms with van der Waals surface area (Å²) in [7, 11) is 3.72. The average molecular weight is 512 g/mol. The van der Waals surface area contributed by atoms with Gasteiger partial charge in [0.1, 0.15) is 5.75 Å². The van der Waals surface area contributed by atoms with Crippen LogP contribution in [-0.4, -0.2) is 61.7 Å². The summed E-state index contributed by atoms with van der Waals surface area (Å²) >= 11 is 13.0. The molecule has 2 aromatic carbocycles. The molecule has 1 fully saturated rings. The number of halogens is 2. The Morgan fingerprint density at radius 1 is 1.00 bits per heavy atom. The molecule has 0 bridgehead atoms. The summed E-state index contributed by atoms with van der Waals surface area (Å²) in [5, 5.41) is 15.4. The van der Waals surface area contributed by atoms with Crippen LogP contribution < -0.4 is 15.1 Å². The Balaban J connectivity index is 1.71. The number of aromatic nitrogens is 1. The van der Waals surface area contributed by atoms with Crippen molar-refractivity contribution < 1.29 is 9.90 Å². The van der Waals surface area contributed by atoms with E-state index in [-0.39, 0.29) is 5.75 Å². The first-order valence-corrected chi connectivity index (χ1v) is 11.9. The number of hydrogen-bond acceptors (Lipinski definition) is 6. The number of amides is 1. The number of anilines is 2. The number of aromatic hydroxyl groups is 1. The van der Waals surface area contributed by atoms with Gasteiger partial charge in [-0.2, -0.15) is 0 Å². The molecule has 0 spiro atoms. The first-order chi connectivity index (χ1) is 16.9. The van der Waals surface area contributed by atoms with Crippen molar-refractivity contribution in [3.05, 3.63) is 71.2 Å². The number of piperazine rings is 1. The highest BCUT2D eigenvalue weighted by Crippen LogP contribution is 2.42. The summed E-state index contributed by atoms with van der Waals surface area (Å²) in [6.45, 7) is 3.62. The van der Waals surface area contributed by atoms with Crippen molar-refractivity contribution in [3.63, 3.8) is 0 Å². The standard InChI is InChI=1S/C26H27Cl2N5O2/c1-31(2)9-10-33(17-34)25-4-3-18(12-24(25)28)22-13-20(27)14-23(26(22)35)19-11-21(16-30-15-19)32-7-5-29-6-8-32/h3-4,9-17,29,35H,5-8H2,1-2H3/b10-9-. The zero-order chi connectivity index (χ0) is 24.9. The lowest BCUT2D eigenvalue weighted by molar-refractivity contribution is -0.106. The van der Waals surface area contributed by atoms with Gasteiger partial charge in [-0.1, -0.05) is 29.3 Å². The molecule has 182 valence electrons. The van der Waals surface area contributed by atoms with Gasteiger partial charge in [-0.15, -0.1) is 0 Å². The van der Waals surface area contributed by atoms with Crippen molar-refractivity contribution in [3.8, 4) is 28.0 Å². The number of benzene rings is 2. The van der Waals surface area contributed by atoms with E-state index in [2.05, 4.69) is 15.2 Å². The number of pyridine rings is 1. The Labute approximate surface area is 215 Å². The molecule has 0 saturated carbocycles. The predicted molar refractivity (Wildman–Crippen MR) is 143 cm³/mol. The van der Waals surface area contributed by atoms with Crippen molar-refractivity contribution in [2.75, 3.05) is 50.1 Å². The van der Waals surface area contributed by atoms with Gasteiger partial charge < -0.3 is 20.2 Å². The number of nitrogens with one attached hydrogen (secondary N) is 1. The number of phenolic OH excluding ortho intramolecular Hbond substituents is 1. The summed E-state index contributed by atoms with van der Waals surface area (Å²) in [6, 6.07) is 10.7. The van der Waals surface area contributed by atoms with E-state index in [1.54, 1.807) is 48.9 Å². The van der Waals surface area contributed by atoms with Crippen molar-refractivity contribution in [1.82, 2.24) is 15.2 Å². The second kappa shape index (κ2) is 11.0. The minimum Gasteiger partial charge on any atom is -0.507 e. The minimum absolute atomic E-state index is 0.0808. The number of carbonyl (C=O) groups is 1. The van der Waals surface area contributed by atoms with E-state index >= 15 is 0 Å². The summed E-state index contributed by atoms with van der Waals surface area (Å²) in [4.78, 5) is 21.5. The number of nitrogens with zero attached hydrogens (tertiary/aromatic N) is 4. The molecule has 7 nitrogen and oxygen atoms in total. The maximum absolute atomic E-state index is 11.6. The quantitative estimate of drug-likeness (QED) is 0.442. The van der Waals surface area contributed by atoms with Crippen LogP contribution in [0.3, 0.4) is 0 Å². The fraction of sp³-hybridized carbons (Fsp3) is 0.231. The van der Waals surface area contributed by atoms with Crippen LogP contribution in [0.2, 0.25) is 10.0 Å². The van der Waals surface area contributed by atoms with Crippen LogP contribution in [0.5, 0.6) is 5.75 Å². The normalized spacial score (nSPS) is 13.8. The van der Waals surface area contributed by atoms with Crippen LogP contribution in [0.1, 0.15) is 0 Å². The number of carbonyl (C=O) groups excluding carboxylic acids is 1. The van der Waals surface area contributed by atoms with Gasteiger partial charge in [-0.05, 0) is 35.9 Å². The van der Waals surface area contributed by atoms with Crippen molar-refractivity contribution in [2.45, 2.75) is 0 Å². The fourth-order valence-corrected chi connectivity index (χ4v) is 4.47. The van der Waals surface area contributed by atoms with E-state index in [1.807, 2.05) is 31.3 Å². The van der Waals surface area contributed by atoms with E-state index in [9.17, 15) is 9.90 Å². The molecule has 1 amide bonds. The molecule has 1 aliphatic heterocycles. The van der Waals surface area contributed by atoms with E-state index in [4.69, 9.17) is 23.2 Å². The lowest BCUT2D eigenvalue weighted by Gasteiger charge is -2.29. The molecule has 1 aliphatic rings. The Hall–Kier alpha value is -3.26. The number of hydrogen-bond donors (Lipinski definition) is 2. The number of phenols is 1. The molecule has 9 heteroatoms. The van der Waals surface area contributed by atoms with Crippen molar-refractivity contribution in [2.24, 2.45) is 0 Å². The van der Waals surface area contributed by atoms with Crippen LogP contribution in [-0.2, 0) is 4.79 Å². The average Bonchev–Trinajstić information content (AvgIpc) is 2.86. The summed E-state index contributed by atoms with van der Waals surface area (Å²) < 4.78 is 0. The third kappa shape index (κ3) is 5.70. The van der Waals surface area contributed by atoms with E-state index in [0.717, 1.165) is 37.4 Å². The lowest BCUT2D eigenvalue weighted by Crippen LogP contribution is -2.43. The minimum atomic E-state index is 0.0808. The van der Waals surface area contributed by atoms with Crippen molar-refractivity contribution >= 4 is 41.0 Å². The Morgan fingerprint density at radius 3 is 2.37 bits per heavy atom. The van der Waals surface area contributed by atoms with Gasteiger partial charge in [-0.25, -0.2) is 0 Å². The molecule has 0 radical (unpaired) electrons. The predicted octanol–water partition coefficient (Wildman–Crippen LogP) is 4.83. The van der Waals surface area contributed by atoms with Crippen LogP contribution in [0, 0.1) is 0 Å². The van der Waals surface area contributed by atoms with Gasteiger partial charge in [-0.3, -0.25) is 14.7 Å². The SMILES string of the molecule is CN(C)/C=C\N(C=O)c1ccc(-c2cc(Cl)cc(-c3cncc(N4CCNCC4)c3)c2O)cc1Cl. The van der Waals surface area contributed by atoms with Crippen LogP contribution >= 0.6 is 23.2 Å². The Morgan fingerprint density at radius 2 is 1.71 bits per heavy atom. The molecule has 0 aliphatic carbocycles. The smallest absolute Gasteiger partial charge is 0.218 e. The van der Waals surface area contributed by atoms with Gasteiger partial charge in [0.15, 0.2) is 0 Å². The molecule has 1 aromatic heterocycles. The van der Waals surface area contributed by atoms with Gasteiger partial charge in [0.25, 0.3) is 0 Å². The van der Waals surface area contributed by atoms with E-state index in [0.29, 0.717) is 38.8 Å². The van der Waals surface area contributed by atoms with Crippen molar-refractivity contribution in [1.29, 1.82) is 0 Å². The Kier molecular flexibility index (Phi) is 7.80. The highest BCUT2D eigenvalue weighted by molar-refractivity contribution is 6.34. The van der Waals surface area contributed by atoms with Crippen LogP contribution in [0.4, 0.5) is 11.4 Å². The van der Waals surface area contributed by atoms with Crippen LogP contribution in [0.25, 0.3) is 22.3 Å². The summed E-state index contributed by atoms with van der Waals surface area (Å²) in [5.41, 5.74) is 4.09. The van der Waals surface area contributed by atoms with Gasteiger partial charge in [0.05, 0.1) is 22.6 Å². The molecule has 4 rings (SSSR count). The second-order valence-corrected chi connectivity index (χ2v) is 9.30. The third-order valence-electron chi connectivity index (χ3n) is 5.77. The topological polar surface area (TPSA) is 71.9 Å². The molecule has 0 atom stereocenters. The third-order valence-corrected chi connectivity index (χ3v) is 6.29. The first-order valence-electron chi connectivity index (χ1n) is 11.2. The molecule has 3 aromatic rings. The van der Waals surface area contributed by atoms with Gasteiger partial charge in [0, 0.05) is 80.6 Å². The van der Waals surface area contributed by atoms with Crippen LogP contribution in [0.15, 0.2) is 61.2 Å². The van der Waals surface area contributed by atoms with Gasteiger partial charge >= 0.3 is 0 Å². The monoisotopic (exact) mass is 511 g/mol. The molecule has 2 heterocycles. The Bertz CT molecular complexity index is 1240. The maximum Gasteiger partial charge on any atom is 0.218 e. The number of rotatable bonds is 7. The fourth-order valence-electron chi connectivity index (χ4n) is 3.97. The molecule has 2 N–H and O–H groups in total. The molecular formula is C26H27Cl2N5O2. The first kappa shape index (κ1) is 24.9. The summed E-state index contributed by atoms with van der Waals surface area (Å²) in [6.07, 6.45) is 7.61. The zero-order valence-corrected chi connectivity index (χ0v) is 21.1. The summed E-state index contributed by atoms with van der Waals surface area (Å²) in [5.74, 6) is 0.0808. The molecule has 0 unspecified atom stereocenters. The molecular weight excluding hydrogens is 485 g/mol. The molecule has 1 saturated heterocycles. The van der Waals surface area contributed by atoms with E-state index < -0.39 is 0 Å². The van der Waals surface area contributed by atoms with E-state index in [1.165, 1.54) is 4.90 Å². The maximum atomic E-state index is 11.6. The van der Waals surface area contributed by atoms with Gasteiger partial charge in [0.2, 0.25) is 6.41 Å².